The lowest BCUT2D eigenvalue weighted by molar-refractivity contribution is -0.137. The average molecular weight is 712 g/mol. The van der Waals surface area contributed by atoms with Crippen molar-refractivity contribution in [3.8, 4) is 11.1 Å². The number of sulfone groups is 1. The lowest BCUT2D eigenvalue weighted by atomic mass is 10.0. The molecule has 14 heteroatoms. The van der Waals surface area contributed by atoms with Crippen LogP contribution in [0.2, 0.25) is 0 Å². The molecule has 0 radical (unpaired) electrons. The normalized spacial score (nSPS) is 13.2. The van der Waals surface area contributed by atoms with Crippen LogP contribution >= 0.6 is 11.8 Å². The molecule has 5 aromatic rings. The maximum Gasteiger partial charge on any atom is 0.416 e. The fraction of sp³-hybridized carbons (Fsp3) is 0.314. The number of hydrogen-bond acceptors (Lipinski definition) is 7. The Morgan fingerprint density at radius 1 is 0.816 bits per heavy atom. The Hall–Kier alpha value is -4.30. The number of benzene rings is 3. The van der Waals surface area contributed by atoms with Crippen LogP contribution in [0, 0.1) is 5.82 Å². The molecule has 0 spiro atoms. The van der Waals surface area contributed by atoms with E-state index >= 15 is 0 Å². The van der Waals surface area contributed by atoms with Crippen molar-refractivity contribution in [3.63, 3.8) is 0 Å². The standard InChI is InChI=1S/C35H33F4N5O3S2/c1-2-49(46,47)19-18-31-41-42-32(44(31)20-23-6-10-25(11-7-23)26-12-14-27(15-13-26)35(37,38)39)21-43-30-5-3-4-29(30)33(45)40-34(43)48-22-24-8-16-28(36)17-9-24/h6-17H,2-5,18-22H2,1H3. The molecule has 0 saturated carbocycles. The molecule has 3 aromatic carbocycles. The minimum Gasteiger partial charge on any atom is -0.316 e. The van der Waals surface area contributed by atoms with Gasteiger partial charge in [0, 0.05) is 29.2 Å². The van der Waals surface area contributed by atoms with Crippen LogP contribution in [-0.4, -0.2) is 44.2 Å². The van der Waals surface area contributed by atoms with E-state index in [9.17, 15) is 30.8 Å². The Balaban J connectivity index is 1.32. The van der Waals surface area contributed by atoms with Gasteiger partial charge in [0.15, 0.2) is 11.0 Å². The summed E-state index contributed by atoms with van der Waals surface area (Å²) in [5.41, 5.74) is 3.68. The molecule has 1 aliphatic carbocycles. The summed E-state index contributed by atoms with van der Waals surface area (Å²) in [5, 5.41) is 9.39. The minimum absolute atomic E-state index is 0.00322. The van der Waals surface area contributed by atoms with Crippen LogP contribution in [0.1, 0.15) is 52.9 Å². The van der Waals surface area contributed by atoms with Crippen LogP contribution in [0.5, 0.6) is 0 Å². The van der Waals surface area contributed by atoms with Crippen molar-refractivity contribution in [1.82, 2.24) is 24.3 Å². The molecule has 256 valence electrons. The number of thioether (sulfide) groups is 1. The zero-order chi connectivity index (χ0) is 34.8. The van der Waals surface area contributed by atoms with Gasteiger partial charge in [-0.3, -0.25) is 4.79 Å². The number of aromatic nitrogens is 5. The van der Waals surface area contributed by atoms with Gasteiger partial charge in [-0.2, -0.15) is 18.2 Å². The Morgan fingerprint density at radius 2 is 1.45 bits per heavy atom. The van der Waals surface area contributed by atoms with Gasteiger partial charge >= 0.3 is 6.18 Å². The van der Waals surface area contributed by atoms with Gasteiger partial charge in [0.25, 0.3) is 5.56 Å². The zero-order valence-corrected chi connectivity index (χ0v) is 28.2. The third kappa shape index (κ3) is 8.13. The van der Waals surface area contributed by atoms with Crippen molar-refractivity contribution < 1.29 is 26.0 Å². The fourth-order valence-electron chi connectivity index (χ4n) is 5.81. The van der Waals surface area contributed by atoms with Crippen LogP contribution < -0.4 is 5.56 Å². The van der Waals surface area contributed by atoms with Gasteiger partial charge in [0.05, 0.1) is 24.4 Å². The third-order valence-corrected chi connectivity index (χ3v) is 11.4. The van der Waals surface area contributed by atoms with Crippen molar-refractivity contribution in [3.05, 3.63) is 129 Å². The number of fused-ring (bicyclic) bond motifs is 1. The molecule has 0 fully saturated rings. The lowest BCUT2D eigenvalue weighted by Crippen LogP contribution is -2.23. The quantitative estimate of drug-likeness (QED) is 0.0827. The number of hydrogen-bond donors (Lipinski definition) is 0. The first-order valence-electron chi connectivity index (χ1n) is 15.8. The van der Waals surface area contributed by atoms with Gasteiger partial charge in [0.2, 0.25) is 0 Å². The predicted octanol–water partition coefficient (Wildman–Crippen LogP) is 6.51. The Labute approximate surface area is 285 Å². The van der Waals surface area contributed by atoms with Crippen molar-refractivity contribution in [1.29, 1.82) is 0 Å². The first-order valence-corrected chi connectivity index (χ1v) is 18.6. The van der Waals surface area contributed by atoms with Crippen molar-refractivity contribution in [2.75, 3.05) is 11.5 Å². The molecular weight excluding hydrogens is 679 g/mol. The maximum absolute atomic E-state index is 13.5. The molecule has 0 saturated heterocycles. The second-order valence-electron chi connectivity index (χ2n) is 11.9. The maximum atomic E-state index is 13.5. The number of alkyl halides is 3. The van der Waals surface area contributed by atoms with Crippen LogP contribution in [0.25, 0.3) is 11.1 Å². The summed E-state index contributed by atoms with van der Waals surface area (Å²) in [5.74, 6) is 1.08. The molecule has 0 bridgehead atoms. The Bertz CT molecular complexity index is 2110. The molecule has 0 N–H and O–H groups in total. The summed E-state index contributed by atoms with van der Waals surface area (Å²) in [6, 6.07) is 18.5. The van der Waals surface area contributed by atoms with E-state index in [1.807, 2.05) is 33.4 Å². The highest BCUT2D eigenvalue weighted by atomic mass is 32.2. The number of rotatable bonds is 12. The van der Waals surface area contributed by atoms with E-state index in [2.05, 4.69) is 15.2 Å². The summed E-state index contributed by atoms with van der Waals surface area (Å²) in [4.78, 5) is 17.4. The van der Waals surface area contributed by atoms with Gasteiger partial charge in [-0.15, -0.1) is 10.2 Å². The smallest absolute Gasteiger partial charge is 0.316 e. The van der Waals surface area contributed by atoms with Crippen LogP contribution in [0.15, 0.2) is 82.7 Å². The first-order chi connectivity index (χ1) is 23.4. The molecule has 2 heterocycles. The molecule has 0 atom stereocenters. The highest BCUT2D eigenvalue weighted by Crippen LogP contribution is 2.31. The number of aryl methyl sites for hydroxylation is 1. The Kier molecular flexibility index (Phi) is 10.1. The topological polar surface area (TPSA) is 99.7 Å². The van der Waals surface area contributed by atoms with Crippen LogP contribution in [-0.2, 0) is 54.1 Å². The van der Waals surface area contributed by atoms with E-state index in [0.717, 1.165) is 40.9 Å². The van der Waals surface area contributed by atoms with E-state index in [1.54, 1.807) is 19.1 Å². The van der Waals surface area contributed by atoms with Crippen LogP contribution in [0.4, 0.5) is 17.6 Å². The number of halogens is 4. The largest absolute Gasteiger partial charge is 0.416 e. The molecule has 0 unspecified atom stereocenters. The zero-order valence-electron chi connectivity index (χ0n) is 26.6. The fourth-order valence-corrected chi connectivity index (χ4v) is 7.56. The van der Waals surface area contributed by atoms with Gasteiger partial charge < -0.3 is 9.13 Å². The molecular formula is C35H33F4N5O3S2. The molecule has 0 aliphatic heterocycles. The van der Waals surface area contributed by atoms with Gasteiger partial charge in [0.1, 0.15) is 21.5 Å². The molecule has 1 aliphatic rings. The van der Waals surface area contributed by atoms with E-state index in [1.165, 1.54) is 36.0 Å². The van der Waals surface area contributed by atoms with Gasteiger partial charge in [-0.1, -0.05) is 67.2 Å². The van der Waals surface area contributed by atoms with E-state index in [-0.39, 0.29) is 35.8 Å². The van der Waals surface area contributed by atoms with Crippen molar-refractivity contribution >= 4 is 21.6 Å². The molecule has 8 nitrogen and oxygen atoms in total. The van der Waals surface area contributed by atoms with Gasteiger partial charge in [-0.25, -0.2) is 12.8 Å². The first kappa shape index (κ1) is 34.6. The molecule has 0 amide bonds. The summed E-state index contributed by atoms with van der Waals surface area (Å²) < 4.78 is 81.3. The summed E-state index contributed by atoms with van der Waals surface area (Å²) >= 11 is 1.37. The van der Waals surface area contributed by atoms with Gasteiger partial charge in [-0.05, 0) is 65.8 Å². The predicted molar refractivity (Wildman–Crippen MR) is 180 cm³/mol. The van der Waals surface area contributed by atoms with E-state index in [4.69, 9.17) is 0 Å². The summed E-state index contributed by atoms with van der Waals surface area (Å²) in [6.07, 6.45) is -2.13. The van der Waals surface area contributed by atoms with E-state index < -0.39 is 21.6 Å². The minimum atomic E-state index is -4.42. The highest BCUT2D eigenvalue weighted by molar-refractivity contribution is 7.98. The van der Waals surface area contributed by atoms with Crippen molar-refractivity contribution in [2.24, 2.45) is 0 Å². The second kappa shape index (κ2) is 14.3. The third-order valence-electron chi connectivity index (χ3n) is 8.60. The average Bonchev–Trinajstić information content (AvgIpc) is 3.73. The van der Waals surface area contributed by atoms with Crippen LogP contribution in [0.3, 0.4) is 0 Å². The number of nitrogens with zero attached hydrogens (tertiary/aromatic N) is 5. The van der Waals surface area contributed by atoms with E-state index in [0.29, 0.717) is 53.1 Å². The lowest BCUT2D eigenvalue weighted by Gasteiger charge is -2.18. The molecule has 6 rings (SSSR count). The Morgan fingerprint density at radius 3 is 2.10 bits per heavy atom. The SMILES string of the molecule is CCS(=O)(=O)CCc1nnc(Cn2c(SCc3ccc(F)cc3)nc(=O)c3c2CCC3)n1Cc1ccc(-c2ccc(C(F)(F)F)cc2)cc1. The molecule has 49 heavy (non-hydrogen) atoms. The monoisotopic (exact) mass is 711 g/mol. The molecule has 2 aromatic heterocycles. The summed E-state index contributed by atoms with van der Waals surface area (Å²) in [6.45, 7) is 2.14. The highest BCUT2D eigenvalue weighted by Gasteiger charge is 2.30. The summed E-state index contributed by atoms with van der Waals surface area (Å²) in [7, 11) is -3.29. The second-order valence-corrected chi connectivity index (χ2v) is 15.3. The van der Waals surface area contributed by atoms with Crippen molar-refractivity contribution in [2.45, 2.75) is 62.8 Å².